The number of nitrogens with one attached hydrogen (secondary N) is 1. The van der Waals surface area contributed by atoms with Gasteiger partial charge in [-0.2, -0.15) is 0 Å². The van der Waals surface area contributed by atoms with Crippen LogP contribution < -0.4 is 5.32 Å². The monoisotopic (exact) mass is 228 g/mol. The third-order valence-corrected chi connectivity index (χ3v) is 3.72. The van der Waals surface area contributed by atoms with Crippen molar-refractivity contribution in [3.05, 3.63) is 0 Å². The average molecular weight is 228 g/mol. The Morgan fingerprint density at radius 2 is 2.06 bits per heavy atom. The van der Waals surface area contributed by atoms with Gasteiger partial charge >= 0.3 is 0 Å². The third-order valence-electron chi connectivity index (χ3n) is 3.72. The molecule has 0 spiro atoms. The van der Waals surface area contributed by atoms with Gasteiger partial charge in [-0.3, -0.25) is 0 Å². The van der Waals surface area contributed by atoms with Crippen LogP contribution in [-0.4, -0.2) is 48.3 Å². The van der Waals surface area contributed by atoms with Crippen LogP contribution in [-0.2, 0) is 0 Å². The van der Waals surface area contributed by atoms with Crippen molar-refractivity contribution in [3.8, 4) is 0 Å². The second-order valence-electron chi connectivity index (χ2n) is 4.98. The first-order valence-corrected chi connectivity index (χ1v) is 6.84. The van der Waals surface area contributed by atoms with Gasteiger partial charge in [-0.25, -0.2) is 0 Å². The van der Waals surface area contributed by atoms with Crippen LogP contribution in [0.25, 0.3) is 0 Å². The van der Waals surface area contributed by atoms with E-state index in [0.29, 0.717) is 6.61 Å². The van der Waals surface area contributed by atoms with Crippen LogP contribution >= 0.6 is 0 Å². The zero-order chi connectivity index (χ0) is 11.9. The van der Waals surface area contributed by atoms with Gasteiger partial charge in [-0.15, -0.1) is 0 Å². The normalized spacial score (nSPS) is 27.9. The van der Waals surface area contributed by atoms with Crippen LogP contribution in [0.15, 0.2) is 0 Å². The number of aliphatic hydroxyl groups excluding tert-OH is 1. The SMILES string of the molecule is CCCN1CCCC(CCO)(NCC)CC1. The summed E-state index contributed by atoms with van der Waals surface area (Å²) in [6.45, 7) is 9.35. The molecule has 0 bridgehead atoms. The van der Waals surface area contributed by atoms with Crippen molar-refractivity contribution in [1.29, 1.82) is 0 Å². The topological polar surface area (TPSA) is 35.5 Å². The quantitative estimate of drug-likeness (QED) is 0.725. The lowest BCUT2D eigenvalue weighted by atomic mass is 9.87. The molecule has 1 atom stereocenters. The van der Waals surface area contributed by atoms with Crippen LogP contribution in [0, 0.1) is 0 Å². The van der Waals surface area contributed by atoms with Crippen molar-refractivity contribution in [2.24, 2.45) is 0 Å². The van der Waals surface area contributed by atoms with Crippen molar-refractivity contribution in [1.82, 2.24) is 10.2 Å². The minimum Gasteiger partial charge on any atom is -0.396 e. The zero-order valence-corrected chi connectivity index (χ0v) is 11.0. The van der Waals surface area contributed by atoms with Gasteiger partial charge < -0.3 is 15.3 Å². The summed E-state index contributed by atoms with van der Waals surface area (Å²) in [5, 5.41) is 12.8. The first-order chi connectivity index (χ1) is 7.76. The molecule has 0 aromatic rings. The number of aliphatic hydroxyl groups is 1. The maximum Gasteiger partial charge on any atom is 0.0448 e. The summed E-state index contributed by atoms with van der Waals surface area (Å²) < 4.78 is 0. The molecule has 3 nitrogen and oxygen atoms in total. The van der Waals surface area contributed by atoms with Crippen molar-refractivity contribution in [2.75, 3.05) is 32.8 Å². The number of hydrogen-bond acceptors (Lipinski definition) is 3. The lowest BCUT2D eigenvalue weighted by Crippen LogP contribution is -2.46. The second-order valence-corrected chi connectivity index (χ2v) is 4.98. The molecule has 1 fully saturated rings. The fourth-order valence-corrected chi connectivity index (χ4v) is 2.89. The van der Waals surface area contributed by atoms with Gasteiger partial charge in [-0.05, 0) is 58.3 Å². The summed E-state index contributed by atoms with van der Waals surface area (Å²) in [7, 11) is 0. The highest BCUT2D eigenvalue weighted by Crippen LogP contribution is 2.25. The molecule has 0 radical (unpaired) electrons. The van der Waals surface area contributed by atoms with Gasteiger partial charge in [0.25, 0.3) is 0 Å². The van der Waals surface area contributed by atoms with E-state index < -0.39 is 0 Å². The Balaban J connectivity index is 2.52. The molecular weight excluding hydrogens is 200 g/mol. The molecule has 1 saturated heterocycles. The lowest BCUT2D eigenvalue weighted by molar-refractivity contribution is 0.190. The Morgan fingerprint density at radius 3 is 2.69 bits per heavy atom. The molecule has 1 unspecified atom stereocenters. The first-order valence-electron chi connectivity index (χ1n) is 6.84. The van der Waals surface area contributed by atoms with E-state index in [1.165, 1.54) is 45.3 Å². The van der Waals surface area contributed by atoms with E-state index in [1.807, 2.05) is 0 Å². The van der Waals surface area contributed by atoms with Crippen LogP contribution in [0.4, 0.5) is 0 Å². The van der Waals surface area contributed by atoms with E-state index >= 15 is 0 Å². The van der Waals surface area contributed by atoms with E-state index in [0.717, 1.165) is 13.0 Å². The van der Waals surface area contributed by atoms with Gasteiger partial charge in [0.2, 0.25) is 0 Å². The molecule has 96 valence electrons. The van der Waals surface area contributed by atoms with Crippen LogP contribution in [0.5, 0.6) is 0 Å². The Bertz CT molecular complexity index is 179. The van der Waals surface area contributed by atoms with E-state index in [9.17, 15) is 5.11 Å². The fourth-order valence-electron chi connectivity index (χ4n) is 2.89. The van der Waals surface area contributed by atoms with Gasteiger partial charge in [0, 0.05) is 12.1 Å². The van der Waals surface area contributed by atoms with Crippen LogP contribution in [0.2, 0.25) is 0 Å². The molecule has 0 aromatic heterocycles. The van der Waals surface area contributed by atoms with Crippen molar-refractivity contribution in [2.45, 2.75) is 51.5 Å². The van der Waals surface area contributed by atoms with Crippen LogP contribution in [0.3, 0.4) is 0 Å². The van der Waals surface area contributed by atoms with Gasteiger partial charge in [0.1, 0.15) is 0 Å². The molecule has 1 aliphatic heterocycles. The molecular formula is C13H28N2O. The summed E-state index contributed by atoms with van der Waals surface area (Å²) in [4.78, 5) is 2.57. The van der Waals surface area contributed by atoms with E-state index in [2.05, 4.69) is 24.1 Å². The van der Waals surface area contributed by atoms with Crippen molar-refractivity contribution >= 4 is 0 Å². The van der Waals surface area contributed by atoms with Gasteiger partial charge in [-0.1, -0.05) is 13.8 Å². The maximum atomic E-state index is 9.22. The highest BCUT2D eigenvalue weighted by Gasteiger charge is 2.30. The lowest BCUT2D eigenvalue weighted by Gasteiger charge is -2.33. The molecule has 0 saturated carbocycles. The number of nitrogens with zero attached hydrogens (tertiary/aromatic N) is 1. The summed E-state index contributed by atoms with van der Waals surface area (Å²) in [6, 6.07) is 0. The number of rotatable bonds is 6. The smallest absolute Gasteiger partial charge is 0.0448 e. The Kier molecular flexibility index (Phi) is 6.32. The van der Waals surface area contributed by atoms with E-state index in [-0.39, 0.29) is 5.54 Å². The zero-order valence-electron chi connectivity index (χ0n) is 11.0. The van der Waals surface area contributed by atoms with E-state index in [1.54, 1.807) is 0 Å². The Morgan fingerprint density at radius 1 is 1.25 bits per heavy atom. The molecule has 16 heavy (non-hydrogen) atoms. The first kappa shape index (κ1) is 13.9. The molecule has 0 amide bonds. The molecule has 1 rings (SSSR count). The minimum absolute atomic E-state index is 0.200. The van der Waals surface area contributed by atoms with Crippen molar-refractivity contribution in [3.63, 3.8) is 0 Å². The maximum absolute atomic E-state index is 9.22. The van der Waals surface area contributed by atoms with Gasteiger partial charge in [0.15, 0.2) is 0 Å². The molecule has 3 heteroatoms. The van der Waals surface area contributed by atoms with Crippen molar-refractivity contribution < 1.29 is 5.11 Å². The standard InChI is InChI=1S/C13H28N2O/c1-3-9-15-10-5-6-13(7-11-15,8-12-16)14-4-2/h14,16H,3-12H2,1-2H3. The molecule has 1 aliphatic rings. The fraction of sp³-hybridized carbons (Fsp3) is 1.00. The van der Waals surface area contributed by atoms with Gasteiger partial charge in [0.05, 0.1) is 0 Å². The highest BCUT2D eigenvalue weighted by atomic mass is 16.3. The summed E-state index contributed by atoms with van der Waals surface area (Å²) >= 11 is 0. The Labute approximate surface area is 100 Å². The molecule has 0 aliphatic carbocycles. The number of likely N-dealkylation sites (tertiary alicyclic amines) is 1. The summed E-state index contributed by atoms with van der Waals surface area (Å²) in [5.74, 6) is 0. The molecule has 1 heterocycles. The highest BCUT2D eigenvalue weighted by molar-refractivity contribution is 4.90. The average Bonchev–Trinajstić information content (AvgIpc) is 2.44. The largest absolute Gasteiger partial charge is 0.396 e. The molecule has 2 N–H and O–H groups in total. The predicted octanol–water partition coefficient (Wildman–Crippen LogP) is 1.61. The minimum atomic E-state index is 0.200. The van der Waals surface area contributed by atoms with E-state index in [4.69, 9.17) is 0 Å². The van der Waals surface area contributed by atoms with Crippen LogP contribution in [0.1, 0.15) is 46.0 Å². The summed E-state index contributed by atoms with van der Waals surface area (Å²) in [6.07, 6.45) is 5.80. The predicted molar refractivity (Wildman–Crippen MR) is 68.7 cm³/mol. The second kappa shape index (κ2) is 7.25. The third kappa shape index (κ3) is 4.04. The summed E-state index contributed by atoms with van der Waals surface area (Å²) in [5.41, 5.74) is 0.200. The number of hydrogen-bond donors (Lipinski definition) is 2. The Hall–Kier alpha value is -0.120. The molecule has 0 aromatic carbocycles.